The molecule has 30 heavy (non-hydrogen) atoms. The van der Waals surface area contributed by atoms with Crippen LogP contribution in [0.2, 0.25) is 0 Å². The molecule has 3 aromatic rings. The standard InChI is InChI=1S/C22H23N3O3S2/c1-15-23-17(13-29-15)14-30-20-7-5-4-6-19(20)22(27)24-16-8-10-18(11-9-16)28-12-21(26)25(2)3/h4-11,13H,12,14H2,1-3H3,(H,24,27). The number of nitrogens with one attached hydrogen (secondary N) is 1. The smallest absolute Gasteiger partial charge is 0.259 e. The number of carbonyl (C=O) groups excluding carboxylic acids is 2. The van der Waals surface area contributed by atoms with Crippen LogP contribution in [0.25, 0.3) is 0 Å². The predicted octanol–water partition coefficient (Wildman–Crippen LogP) is 4.46. The Labute approximate surface area is 184 Å². The monoisotopic (exact) mass is 441 g/mol. The van der Waals surface area contributed by atoms with E-state index in [0.29, 0.717) is 22.8 Å². The Hall–Kier alpha value is -2.84. The highest BCUT2D eigenvalue weighted by Gasteiger charge is 2.13. The lowest BCUT2D eigenvalue weighted by Crippen LogP contribution is -2.27. The lowest BCUT2D eigenvalue weighted by Gasteiger charge is -2.12. The molecule has 1 heterocycles. The molecule has 3 rings (SSSR count). The van der Waals surface area contributed by atoms with Crippen molar-refractivity contribution in [3.8, 4) is 5.75 Å². The first-order chi connectivity index (χ1) is 14.4. The van der Waals surface area contributed by atoms with E-state index in [2.05, 4.69) is 10.3 Å². The van der Waals surface area contributed by atoms with Gasteiger partial charge in [0.05, 0.1) is 16.3 Å². The lowest BCUT2D eigenvalue weighted by molar-refractivity contribution is -0.130. The quantitative estimate of drug-likeness (QED) is 0.523. The molecule has 0 spiro atoms. The molecule has 0 fully saturated rings. The van der Waals surface area contributed by atoms with Gasteiger partial charge in [-0.25, -0.2) is 4.98 Å². The molecule has 0 saturated carbocycles. The lowest BCUT2D eigenvalue weighted by atomic mass is 10.2. The van der Waals surface area contributed by atoms with Crippen LogP contribution in [0, 0.1) is 6.92 Å². The summed E-state index contributed by atoms with van der Waals surface area (Å²) >= 11 is 3.22. The maximum Gasteiger partial charge on any atom is 0.259 e. The number of likely N-dealkylation sites (N-methyl/N-ethyl adjacent to an activating group) is 1. The van der Waals surface area contributed by atoms with E-state index >= 15 is 0 Å². The van der Waals surface area contributed by atoms with Crippen LogP contribution >= 0.6 is 23.1 Å². The zero-order chi connectivity index (χ0) is 21.5. The maximum atomic E-state index is 12.8. The second kappa shape index (κ2) is 10.3. The number of nitrogens with zero attached hydrogens (tertiary/aromatic N) is 2. The van der Waals surface area contributed by atoms with E-state index in [-0.39, 0.29) is 18.4 Å². The normalized spacial score (nSPS) is 10.5. The zero-order valence-electron chi connectivity index (χ0n) is 17.0. The van der Waals surface area contributed by atoms with Crippen molar-refractivity contribution in [3.63, 3.8) is 0 Å². The Morgan fingerprint density at radius 3 is 2.53 bits per heavy atom. The van der Waals surface area contributed by atoms with E-state index in [0.717, 1.165) is 15.6 Å². The fraction of sp³-hybridized carbons (Fsp3) is 0.227. The molecule has 156 valence electrons. The summed E-state index contributed by atoms with van der Waals surface area (Å²) in [6, 6.07) is 14.5. The molecule has 8 heteroatoms. The molecule has 0 atom stereocenters. The molecule has 2 amide bonds. The molecule has 1 aromatic heterocycles. The Bertz CT molecular complexity index is 1020. The summed E-state index contributed by atoms with van der Waals surface area (Å²) in [5.74, 6) is 0.989. The van der Waals surface area contributed by atoms with Gasteiger partial charge in [-0.2, -0.15) is 0 Å². The number of rotatable bonds is 8. The van der Waals surface area contributed by atoms with E-state index in [1.807, 2.05) is 36.6 Å². The summed E-state index contributed by atoms with van der Waals surface area (Å²) in [4.78, 5) is 31.3. The van der Waals surface area contributed by atoms with Crippen LogP contribution in [-0.2, 0) is 10.5 Å². The van der Waals surface area contributed by atoms with Gasteiger partial charge in [-0.15, -0.1) is 23.1 Å². The Morgan fingerprint density at radius 2 is 1.87 bits per heavy atom. The van der Waals surface area contributed by atoms with Crippen LogP contribution in [0.4, 0.5) is 5.69 Å². The third kappa shape index (κ3) is 6.08. The van der Waals surface area contributed by atoms with Gasteiger partial charge in [-0.05, 0) is 43.3 Å². The number of aromatic nitrogens is 1. The van der Waals surface area contributed by atoms with Gasteiger partial charge in [0.15, 0.2) is 6.61 Å². The van der Waals surface area contributed by atoms with Crippen LogP contribution < -0.4 is 10.1 Å². The number of hydrogen-bond acceptors (Lipinski definition) is 6. The average Bonchev–Trinajstić information content (AvgIpc) is 3.16. The number of benzene rings is 2. The summed E-state index contributed by atoms with van der Waals surface area (Å²) in [7, 11) is 3.36. The second-order valence-electron chi connectivity index (χ2n) is 6.70. The van der Waals surface area contributed by atoms with Crippen molar-refractivity contribution in [1.82, 2.24) is 9.88 Å². The number of ether oxygens (including phenoxy) is 1. The fourth-order valence-electron chi connectivity index (χ4n) is 2.51. The number of carbonyl (C=O) groups is 2. The SMILES string of the molecule is Cc1nc(CSc2ccccc2C(=O)Nc2ccc(OCC(=O)N(C)C)cc2)cs1. The number of thioether (sulfide) groups is 1. The highest BCUT2D eigenvalue weighted by molar-refractivity contribution is 7.98. The van der Waals surface area contributed by atoms with Crippen molar-refractivity contribution in [2.75, 3.05) is 26.0 Å². The second-order valence-corrected chi connectivity index (χ2v) is 8.78. The Morgan fingerprint density at radius 1 is 1.13 bits per heavy atom. The molecule has 1 N–H and O–H groups in total. The van der Waals surface area contributed by atoms with Crippen molar-refractivity contribution in [2.45, 2.75) is 17.6 Å². The number of thiazole rings is 1. The molecule has 0 bridgehead atoms. The summed E-state index contributed by atoms with van der Waals surface area (Å²) in [5, 5.41) is 5.99. The van der Waals surface area contributed by atoms with E-state index in [1.54, 1.807) is 61.5 Å². The van der Waals surface area contributed by atoms with Gasteiger partial charge in [0.25, 0.3) is 11.8 Å². The van der Waals surface area contributed by atoms with Gasteiger partial charge in [0.2, 0.25) is 0 Å². The molecular weight excluding hydrogens is 418 g/mol. The highest BCUT2D eigenvalue weighted by Crippen LogP contribution is 2.27. The van der Waals surface area contributed by atoms with Crippen LogP contribution in [-0.4, -0.2) is 42.4 Å². The summed E-state index contributed by atoms with van der Waals surface area (Å²) in [6.45, 7) is 1.96. The minimum atomic E-state index is -0.177. The topological polar surface area (TPSA) is 71.5 Å². The van der Waals surface area contributed by atoms with Crippen LogP contribution in [0.15, 0.2) is 58.8 Å². The van der Waals surface area contributed by atoms with Crippen molar-refractivity contribution in [2.24, 2.45) is 0 Å². The number of amides is 2. The molecule has 0 aliphatic rings. The van der Waals surface area contributed by atoms with Crippen LogP contribution in [0.5, 0.6) is 5.75 Å². The molecule has 6 nitrogen and oxygen atoms in total. The first-order valence-corrected chi connectivity index (χ1v) is 11.2. The highest BCUT2D eigenvalue weighted by atomic mass is 32.2. The molecule has 0 unspecified atom stereocenters. The predicted molar refractivity (Wildman–Crippen MR) is 121 cm³/mol. The Balaban J connectivity index is 1.61. The molecule has 0 aliphatic carbocycles. The van der Waals surface area contributed by atoms with E-state index in [9.17, 15) is 9.59 Å². The first-order valence-electron chi connectivity index (χ1n) is 9.29. The summed E-state index contributed by atoms with van der Waals surface area (Å²) < 4.78 is 5.46. The van der Waals surface area contributed by atoms with E-state index in [1.165, 1.54) is 4.90 Å². The third-order valence-corrected chi connectivity index (χ3v) is 6.08. The van der Waals surface area contributed by atoms with Gasteiger partial charge in [-0.1, -0.05) is 12.1 Å². The minimum absolute atomic E-state index is 0.0260. The van der Waals surface area contributed by atoms with Gasteiger partial charge in [0.1, 0.15) is 5.75 Å². The van der Waals surface area contributed by atoms with Crippen LogP contribution in [0.1, 0.15) is 21.1 Å². The molecule has 0 aliphatic heterocycles. The Kier molecular flexibility index (Phi) is 7.48. The van der Waals surface area contributed by atoms with Gasteiger partial charge >= 0.3 is 0 Å². The van der Waals surface area contributed by atoms with Crippen molar-refractivity contribution in [3.05, 3.63) is 70.2 Å². The number of hydrogen-bond donors (Lipinski definition) is 1. The average molecular weight is 442 g/mol. The van der Waals surface area contributed by atoms with Crippen molar-refractivity contribution in [1.29, 1.82) is 0 Å². The van der Waals surface area contributed by atoms with E-state index in [4.69, 9.17) is 4.74 Å². The number of aryl methyl sites for hydroxylation is 1. The summed E-state index contributed by atoms with van der Waals surface area (Å²) in [5.41, 5.74) is 2.29. The van der Waals surface area contributed by atoms with Gasteiger partial charge in [-0.3, -0.25) is 9.59 Å². The largest absolute Gasteiger partial charge is 0.484 e. The third-order valence-electron chi connectivity index (χ3n) is 4.15. The van der Waals surface area contributed by atoms with Gasteiger partial charge < -0.3 is 15.0 Å². The molecule has 0 radical (unpaired) electrons. The van der Waals surface area contributed by atoms with Crippen molar-refractivity contribution < 1.29 is 14.3 Å². The van der Waals surface area contributed by atoms with Crippen LogP contribution in [0.3, 0.4) is 0 Å². The van der Waals surface area contributed by atoms with E-state index < -0.39 is 0 Å². The number of anilines is 1. The summed E-state index contributed by atoms with van der Waals surface area (Å²) in [6.07, 6.45) is 0. The van der Waals surface area contributed by atoms with Gasteiger partial charge in [0, 0.05) is 35.8 Å². The molecule has 2 aromatic carbocycles. The maximum absolute atomic E-state index is 12.8. The first kappa shape index (κ1) is 21.9. The molecular formula is C22H23N3O3S2. The fourth-order valence-corrected chi connectivity index (χ4v) is 4.17. The van der Waals surface area contributed by atoms with Crippen molar-refractivity contribution >= 4 is 40.6 Å². The zero-order valence-corrected chi connectivity index (χ0v) is 18.7. The minimum Gasteiger partial charge on any atom is -0.484 e. The molecule has 0 saturated heterocycles.